The SMILES string of the molecule is COc1cccc(C2C(C(=O)c3ccco3)=C(O)C(=O)N2c2ccc(CC(=O)O)cc2)c1. The monoisotopic (exact) mass is 433 g/mol. The number of carboxylic acid groups (broad SMARTS) is 1. The Morgan fingerprint density at radius 1 is 1.09 bits per heavy atom. The maximum absolute atomic E-state index is 13.2. The average Bonchev–Trinajstić information content (AvgIpc) is 3.41. The number of aliphatic hydroxyl groups excluding tert-OH is 1. The Morgan fingerprint density at radius 2 is 1.84 bits per heavy atom. The fourth-order valence-corrected chi connectivity index (χ4v) is 3.72. The molecule has 0 saturated carbocycles. The van der Waals surface area contributed by atoms with Crippen LogP contribution in [0.1, 0.15) is 27.7 Å². The molecule has 1 amide bonds. The summed E-state index contributed by atoms with van der Waals surface area (Å²) in [6.45, 7) is 0. The molecule has 4 rings (SSSR count). The number of rotatable bonds is 7. The van der Waals surface area contributed by atoms with Gasteiger partial charge in [-0.1, -0.05) is 24.3 Å². The molecule has 1 aliphatic rings. The predicted octanol–water partition coefficient (Wildman–Crippen LogP) is 3.70. The van der Waals surface area contributed by atoms with Gasteiger partial charge in [-0.2, -0.15) is 0 Å². The third kappa shape index (κ3) is 3.74. The Hall–Kier alpha value is -4.33. The number of aliphatic hydroxyl groups is 1. The lowest BCUT2D eigenvalue weighted by molar-refractivity contribution is -0.136. The number of carboxylic acids is 1. The van der Waals surface area contributed by atoms with Crippen molar-refractivity contribution in [1.82, 2.24) is 0 Å². The van der Waals surface area contributed by atoms with Crippen molar-refractivity contribution in [2.45, 2.75) is 12.5 Å². The lowest BCUT2D eigenvalue weighted by Gasteiger charge is -2.27. The van der Waals surface area contributed by atoms with Crippen molar-refractivity contribution in [3.63, 3.8) is 0 Å². The first-order chi connectivity index (χ1) is 15.4. The highest BCUT2D eigenvalue weighted by Gasteiger charge is 2.45. The highest BCUT2D eigenvalue weighted by molar-refractivity contribution is 6.20. The van der Waals surface area contributed by atoms with Gasteiger partial charge in [-0.15, -0.1) is 0 Å². The smallest absolute Gasteiger partial charge is 0.307 e. The topological polar surface area (TPSA) is 117 Å². The number of ether oxygens (including phenoxy) is 1. The highest BCUT2D eigenvalue weighted by atomic mass is 16.5. The van der Waals surface area contributed by atoms with Gasteiger partial charge in [-0.3, -0.25) is 19.3 Å². The summed E-state index contributed by atoms with van der Waals surface area (Å²) in [5.41, 5.74) is 1.37. The van der Waals surface area contributed by atoms with Crippen molar-refractivity contribution in [3.05, 3.63) is 95.1 Å². The Balaban J connectivity index is 1.82. The van der Waals surface area contributed by atoms with Gasteiger partial charge in [-0.25, -0.2) is 0 Å². The van der Waals surface area contributed by atoms with Gasteiger partial charge in [0.05, 0.1) is 31.4 Å². The van der Waals surface area contributed by atoms with E-state index in [1.807, 2.05) is 0 Å². The molecule has 0 spiro atoms. The second-order valence-corrected chi connectivity index (χ2v) is 7.16. The van der Waals surface area contributed by atoms with Crippen LogP contribution in [0.4, 0.5) is 5.69 Å². The zero-order valence-electron chi connectivity index (χ0n) is 17.0. The molecule has 1 aliphatic heterocycles. The van der Waals surface area contributed by atoms with Gasteiger partial charge < -0.3 is 19.4 Å². The average molecular weight is 433 g/mol. The number of benzene rings is 2. The molecule has 0 aliphatic carbocycles. The second kappa shape index (κ2) is 8.43. The van der Waals surface area contributed by atoms with E-state index in [0.717, 1.165) is 0 Å². The fraction of sp³-hybridized carbons (Fsp3) is 0.125. The highest BCUT2D eigenvalue weighted by Crippen LogP contribution is 2.42. The molecule has 1 aromatic heterocycles. The van der Waals surface area contributed by atoms with Crippen LogP contribution in [0.15, 0.2) is 82.7 Å². The zero-order chi connectivity index (χ0) is 22.8. The van der Waals surface area contributed by atoms with Gasteiger partial charge >= 0.3 is 5.97 Å². The number of amides is 1. The number of hydrogen-bond acceptors (Lipinski definition) is 6. The van der Waals surface area contributed by atoms with E-state index >= 15 is 0 Å². The van der Waals surface area contributed by atoms with Crippen LogP contribution in [-0.2, 0) is 16.0 Å². The van der Waals surface area contributed by atoms with Crippen LogP contribution in [0, 0.1) is 0 Å². The summed E-state index contributed by atoms with van der Waals surface area (Å²) in [7, 11) is 1.50. The molecule has 3 aromatic rings. The summed E-state index contributed by atoms with van der Waals surface area (Å²) < 4.78 is 10.5. The number of methoxy groups -OCH3 is 1. The normalized spacial score (nSPS) is 15.8. The van der Waals surface area contributed by atoms with E-state index in [9.17, 15) is 19.5 Å². The lowest BCUT2D eigenvalue weighted by atomic mass is 9.94. The van der Waals surface area contributed by atoms with Gasteiger partial charge in [0.1, 0.15) is 5.75 Å². The molecule has 0 fully saturated rings. The summed E-state index contributed by atoms with van der Waals surface area (Å²) in [5.74, 6) is -2.50. The van der Waals surface area contributed by atoms with E-state index < -0.39 is 29.5 Å². The first kappa shape index (κ1) is 20.9. The van der Waals surface area contributed by atoms with Crippen LogP contribution in [-0.4, -0.2) is 35.0 Å². The van der Waals surface area contributed by atoms with Gasteiger partial charge in [0, 0.05) is 5.69 Å². The second-order valence-electron chi connectivity index (χ2n) is 7.16. The van der Waals surface area contributed by atoms with Crippen molar-refractivity contribution in [2.24, 2.45) is 0 Å². The summed E-state index contributed by atoms with van der Waals surface area (Å²) >= 11 is 0. The molecule has 2 aromatic carbocycles. The minimum atomic E-state index is -0.977. The number of anilines is 1. The zero-order valence-corrected chi connectivity index (χ0v) is 17.0. The molecule has 0 radical (unpaired) electrons. The molecule has 8 heteroatoms. The van der Waals surface area contributed by atoms with Crippen LogP contribution >= 0.6 is 0 Å². The van der Waals surface area contributed by atoms with Gasteiger partial charge in [-0.05, 0) is 47.5 Å². The number of aliphatic carboxylic acids is 1. The number of hydrogen-bond donors (Lipinski definition) is 2. The van der Waals surface area contributed by atoms with Gasteiger partial charge in [0.2, 0.25) is 5.78 Å². The Labute approximate surface area is 183 Å². The summed E-state index contributed by atoms with van der Waals surface area (Å²) in [6.07, 6.45) is 1.17. The standard InChI is InChI=1S/C24H19NO7/c1-31-17-5-2-4-15(13-17)21-20(22(28)18-6-3-11-32-18)23(29)24(30)25(21)16-9-7-14(8-10-16)12-19(26)27/h2-11,13,21,29H,12H2,1H3,(H,26,27). The van der Waals surface area contributed by atoms with Crippen LogP contribution in [0.5, 0.6) is 5.75 Å². The number of carbonyl (C=O) groups is 3. The molecular formula is C24H19NO7. The third-order valence-corrected chi connectivity index (χ3v) is 5.18. The van der Waals surface area contributed by atoms with Crippen molar-refractivity contribution in [2.75, 3.05) is 12.0 Å². The molecule has 8 nitrogen and oxygen atoms in total. The van der Waals surface area contributed by atoms with Crippen LogP contribution in [0.25, 0.3) is 0 Å². The van der Waals surface area contributed by atoms with E-state index in [2.05, 4.69) is 0 Å². The Bertz CT molecular complexity index is 1210. The molecule has 2 N–H and O–H groups in total. The number of furan rings is 1. The number of Topliss-reactive ketones (excluding diaryl/α,β-unsaturated/α-hetero) is 1. The molecule has 0 saturated heterocycles. The Morgan fingerprint density at radius 3 is 2.47 bits per heavy atom. The van der Waals surface area contributed by atoms with Crippen LogP contribution in [0.3, 0.4) is 0 Å². The number of carbonyl (C=O) groups excluding carboxylic acids is 2. The molecule has 32 heavy (non-hydrogen) atoms. The van der Waals surface area contributed by atoms with E-state index in [1.54, 1.807) is 54.6 Å². The largest absolute Gasteiger partial charge is 0.503 e. The van der Waals surface area contributed by atoms with Gasteiger partial charge in [0.25, 0.3) is 5.91 Å². The molecule has 1 atom stereocenters. The minimum absolute atomic E-state index is 0.00842. The minimum Gasteiger partial charge on any atom is -0.503 e. The van der Waals surface area contributed by atoms with E-state index in [1.165, 1.54) is 24.3 Å². The first-order valence-corrected chi connectivity index (χ1v) is 9.70. The fourth-order valence-electron chi connectivity index (χ4n) is 3.72. The first-order valence-electron chi connectivity index (χ1n) is 9.70. The van der Waals surface area contributed by atoms with Crippen molar-refractivity contribution >= 4 is 23.3 Å². The summed E-state index contributed by atoms with van der Waals surface area (Å²) in [6, 6.07) is 15.2. The number of ketones is 1. The molecule has 162 valence electrons. The van der Waals surface area contributed by atoms with Crippen molar-refractivity contribution in [1.29, 1.82) is 0 Å². The van der Waals surface area contributed by atoms with Crippen molar-refractivity contribution in [3.8, 4) is 5.75 Å². The maximum atomic E-state index is 13.2. The maximum Gasteiger partial charge on any atom is 0.307 e. The molecule has 2 heterocycles. The van der Waals surface area contributed by atoms with Crippen molar-refractivity contribution < 1.29 is 33.8 Å². The predicted molar refractivity (Wildman–Crippen MR) is 114 cm³/mol. The van der Waals surface area contributed by atoms with E-state index in [4.69, 9.17) is 14.3 Å². The van der Waals surface area contributed by atoms with Crippen LogP contribution < -0.4 is 9.64 Å². The summed E-state index contributed by atoms with van der Waals surface area (Å²) in [5, 5.41) is 19.7. The number of nitrogens with zero attached hydrogens (tertiary/aromatic N) is 1. The lowest BCUT2D eigenvalue weighted by Crippen LogP contribution is -2.31. The van der Waals surface area contributed by atoms with E-state index in [0.29, 0.717) is 22.6 Å². The molecular weight excluding hydrogens is 414 g/mol. The van der Waals surface area contributed by atoms with Gasteiger partial charge in [0.15, 0.2) is 11.5 Å². The quantitative estimate of drug-likeness (QED) is 0.546. The molecule has 1 unspecified atom stereocenters. The Kier molecular flexibility index (Phi) is 5.51. The third-order valence-electron chi connectivity index (χ3n) is 5.18. The van der Waals surface area contributed by atoms with E-state index in [-0.39, 0.29) is 17.8 Å². The van der Waals surface area contributed by atoms with Crippen LogP contribution in [0.2, 0.25) is 0 Å². The molecule has 0 bridgehead atoms. The summed E-state index contributed by atoms with van der Waals surface area (Å²) in [4.78, 5) is 38.5.